The number of rotatable bonds is 8. The highest BCUT2D eigenvalue weighted by Gasteiger charge is 2.24. The largest absolute Gasteiger partial charge is 0.493 e. The fraction of sp³-hybridized carbons (Fsp3) is 0.308. The summed E-state index contributed by atoms with van der Waals surface area (Å²) >= 11 is 0. The first-order valence-electron chi connectivity index (χ1n) is 10.9. The monoisotopic (exact) mass is 416 g/mol. The zero-order valence-electron chi connectivity index (χ0n) is 17.8. The number of ether oxygens (including phenoxy) is 1. The summed E-state index contributed by atoms with van der Waals surface area (Å²) in [4.78, 5) is 16.0. The quantitative estimate of drug-likeness (QED) is 0.550. The van der Waals surface area contributed by atoms with Crippen LogP contribution in [0.4, 0.5) is 5.82 Å². The molecule has 160 valence electrons. The lowest BCUT2D eigenvalue weighted by molar-refractivity contribution is -0.137. The van der Waals surface area contributed by atoms with Gasteiger partial charge in [-0.2, -0.15) is 0 Å². The van der Waals surface area contributed by atoms with Gasteiger partial charge in [0.1, 0.15) is 11.6 Å². The Morgan fingerprint density at radius 2 is 1.97 bits per heavy atom. The molecule has 0 radical (unpaired) electrons. The van der Waals surface area contributed by atoms with Crippen molar-refractivity contribution >= 4 is 11.8 Å². The van der Waals surface area contributed by atoms with E-state index in [0.717, 1.165) is 48.6 Å². The fourth-order valence-electron chi connectivity index (χ4n) is 4.29. The van der Waals surface area contributed by atoms with Gasteiger partial charge in [-0.1, -0.05) is 36.4 Å². The molecule has 0 amide bonds. The van der Waals surface area contributed by atoms with Crippen molar-refractivity contribution in [3.8, 4) is 5.75 Å². The first kappa shape index (κ1) is 20.9. The molecule has 31 heavy (non-hydrogen) atoms. The van der Waals surface area contributed by atoms with Crippen molar-refractivity contribution in [3.05, 3.63) is 88.6 Å². The summed E-state index contributed by atoms with van der Waals surface area (Å²) in [5, 5.41) is 12.6. The van der Waals surface area contributed by atoms with E-state index in [1.54, 1.807) is 0 Å². The number of hydrogen-bond acceptors (Lipinski definition) is 4. The Bertz CT molecular complexity index is 1060. The van der Waals surface area contributed by atoms with Crippen LogP contribution in [-0.4, -0.2) is 29.2 Å². The molecule has 5 nitrogen and oxygen atoms in total. The molecular weight excluding hydrogens is 388 g/mol. The van der Waals surface area contributed by atoms with E-state index in [4.69, 9.17) is 4.74 Å². The van der Waals surface area contributed by atoms with E-state index in [-0.39, 0.29) is 12.3 Å². The van der Waals surface area contributed by atoms with Crippen LogP contribution in [-0.2, 0) is 24.1 Å². The third-order valence-corrected chi connectivity index (χ3v) is 5.73. The van der Waals surface area contributed by atoms with Crippen LogP contribution in [0.15, 0.2) is 60.7 Å². The fourth-order valence-corrected chi connectivity index (χ4v) is 4.29. The van der Waals surface area contributed by atoms with E-state index >= 15 is 0 Å². The molecule has 0 bridgehead atoms. The summed E-state index contributed by atoms with van der Waals surface area (Å²) in [6.45, 7) is 3.45. The van der Waals surface area contributed by atoms with E-state index in [1.165, 1.54) is 16.7 Å². The number of carboxylic acid groups (broad SMARTS) is 1. The molecule has 1 aromatic heterocycles. The van der Waals surface area contributed by atoms with Crippen molar-refractivity contribution in [2.24, 2.45) is 0 Å². The van der Waals surface area contributed by atoms with Crippen LogP contribution < -0.4 is 10.1 Å². The van der Waals surface area contributed by atoms with Crippen LogP contribution in [0.25, 0.3) is 0 Å². The van der Waals surface area contributed by atoms with Gasteiger partial charge in [-0.05, 0) is 72.2 Å². The molecule has 3 aromatic rings. The Kier molecular flexibility index (Phi) is 6.51. The van der Waals surface area contributed by atoms with Crippen LogP contribution >= 0.6 is 0 Å². The third-order valence-electron chi connectivity index (χ3n) is 5.73. The first-order valence-corrected chi connectivity index (χ1v) is 10.9. The maximum absolute atomic E-state index is 11.4. The maximum Gasteiger partial charge on any atom is 0.303 e. The highest BCUT2D eigenvalue weighted by atomic mass is 16.5. The number of hydrogen-bond donors (Lipinski definition) is 2. The minimum absolute atomic E-state index is 0.00296. The molecule has 1 unspecified atom stereocenters. The Morgan fingerprint density at radius 3 is 2.81 bits per heavy atom. The van der Waals surface area contributed by atoms with Gasteiger partial charge in [0.25, 0.3) is 0 Å². The Labute approximate surface area is 183 Å². The first-order chi connectivity index (χ1) is 15.1. The van der Waals surface area contributed by atoms with Crippen molar-refractivity contribution in [3.63, 3.8) is 0 Å². The molecule has 1 aliphatic carbocycles. The molecule has 0 aliphatic heterocycles. The van der Waals surface area contributed by atoms with E-state index in [0.29, 0.717) is 6.61 Å². The molecular formula is C26H28N2O3. The van der Waals surface area contributed by atoms with Crippen molar-refractivity contribution in [1.82, 2.24) is 4.98 Å². The molecule has 0 fully saturated rings. The van der Waals surface area contributed by atoms with E-state index in [2.05, 4.69) is 41.5 Å². The lowest BCUT2D eigenvalue weighted by atomic mass is 9.89. The number of anilines is 1. The molecule has 0 saturated carbocycles. The van der Waals surface area contributed by atoms with Gasteiger partial charge in [0, 0.05) is 18.7 Å². The second-order valence-corrected chi connectivity index (χ2v) is 7.95. The Hall–Kier alpha value is -3.34. The number of carbonyl (C=O) groups is 1. The lowest BCUT2D eigenvalue weighted by Gasteiger charge is -2.16. The normalized spacial score (nSPS) is 14.8. The molecule has 1 aliphatic rings. The highest BCUT2D eigenvalue weighted by Crippen LogP contribution is 2.35. The van der Waals surface area contributed by atoms with Gasteiger partial charge in [0.2, 0.25) is 0 Å². The Morgan fingerprint density at radius 1 is 1.10 bits per heavy atom. The van der Waals surface area contributed by atoms with Crippen LogP contribution in [0.5, 0.6) is 5.75 Å². The van der Waals surface area contributed by atoms with Gasteiger partial charge in [0.05, 0.1) is 13.0 Å². The van der Waals surface area contributed by atoms with E-state index in [1.807, 2.05) is 36.4 Å². The number of carboxylic acids is 1. The predicted molar refractivity (Wildman–Crippen MR) is 122 cm³/mol. The van der Waals surface area contributed by atoms with Gasteiger partial charge in [0.15, 0.2) is 0 Å². The number of nitrogens with zero attached hydrogens (tertiary/aromatic N) is 1. The topological polar surface area (TPSA) is 71.5 Å². The summed E-state index contributed by atoms with van der Waals surface area (Å²) in [5.41, 5.74) is 5.77. The van der Waals surface area contributed by atoms with Gasteiger partial charge in [-0.25, -0.2) is 4.98 Å². The minimum atomic E-state index is -0.755. The number of pyridine rings is 1. The van der Waals surface area contributed by atoms with Crippen molar-refractivity contribution in [2.45, 2.75) is 38.5 Å². The molecule has 1 atom stereocenters. The zero-order chi connectivity index (χ0) is 21.6. The number of aliphatic carboxylic acids is 1. The van der Waals surface area contributed by atoms with Crippen molar-refractivity contribution < 1.29 is 14.6 Å². The molecule has 0 saturated heterocycles. The van der Waals surface area contributed by atoms with Gasteiger partial charge < -0.3 is 15.2 Å². The lowest BCUT2D eigenvalue weighted by Crippen LogP contribution is -2.09. The predicted octanol–water partition coefficient (Wildman–Crippen LogP) is 4.84. The summed E-state index contributed by atoms with van der Waals surface area (Å²) in [5.74, 6) is 0.974. The van der Waals surface area contributed by atoms with Crippen LogP contribution in [0.3, 0.4) is 0 Å². The van der Waals surface area contributed by atoms with E-state index < -0.39 is 5.97 Å². The number of fused-ring (bicyclic) bond motifs is 2. The van der Waals surface area contributed by atoms with Crippen LogP contribution in [0, 0.1) is 0 Å². The molecule has 1 heterocycles. The number of benzene rings is 2. The smallest absolute Gasteiger partial charge is 0.303 e. The average molecular weight is 417 g/mol. The third kappa shape index (κ3) is 5.23. The summed E-state index contributed by atoms with van der Waals surface area (Å²) in [6.07, 6.45) is 2.42. The molecule has 5 heteroatoms. The second kappa shape index (κ2) is 9.65. The summed E-state index contributed by atoms with van der Waals surface area (Å²) < 4.78 is 6.04. The van der Waals surface area contributed by atoms with Crippen molar-refractivity contribution in [1.29, 1.82) is 0 Å². The Balaban J connectivity index is 1.47. The summed E-state index contributed by atoms with van der Waals surface area (Å²) in [6, 6.07) is 20.4. The number of nitrogens with one attached hydrogen (secondary N) is 1. The van der Waals surface area contributed by atoms with Gasteiger partial charge >= 0.3 is 5.97 Å². The summed E-state index contributed by atoms with van der Waals surface area (Å²) in [7, 11) is 0. The van der Waals surface area contributed by atoms with Gasteiger partial charge in [-0.3, -0.25) is 4.79 Å². The molecule has 0 spiro atoms. The average Bonchev–Trinajstić information content (AvgIpc) is 2.90. The van der Waals surface area contributed by atoms with Crippen LogP contribution in [0.1, 0.15) is 47.2 Å². The van der Waals surface area contributed by atoms with Gasteiger partial charge in [-0.15, -0.1) is 0 Å². The minimum Gasteiger partial charge on any atom is -0.493 e. The number of aromatic nitrogens is 1. The highest BCUT2D eigenvalue weighted by molar-refractivity contribution is 5.68. The van der Waals surface area contributed by atoms with Crippen molar-refractivity contribution in [2.75, 3.05) is 18.5 Å². The van der Waals surface area contributed by atoms with Crippen LogP contribution in [0.2, 0.25) is 0 Å². The standard InChI is InChI=1S/C26H28N2O3/c1-2-27-25-9-5-7-22(28-25)12-13-31-23-11-10-18-14-21(17-26(29)30)24-8-4-3-6-19(24)15-20(18)16-23/h3-11,16,21H,2,12-15,17H2,1H3,(H,27,28)(H,29,30). The molecule has 2 aromatic carbocycles. The van der Waals surface area contributed by atoms with E-state index in [9.17, 15) is 9.90 Å². The molecule has 2 N–H and O–H groups in total. The molecule has 4 rings (SSSR count). The SMILES string of the molecule is CCNc1cccc(CCOc2ccc3c(c2)Cc2ccccc2C(CC(=O)O)C3)n1. The second-order valence-electron chi connectivity index (χ2n) is 7.95. The maximum atomic E-state index is 11.4. The zero-order valence-corrected chi connectivity index (χ0v) is 17.8.